The molecule has 1 aromatic heterocycles. The van der Waals surface area contributed by atoms with Gasteiger partial charge in [0.05, 0.1) is 26.1 Å². The van der Waals surface area contributed by atoms with Gasteiger partial charge in [0.2, 0.25) is 0 Å². The largest absolute Gasteiger partial charge is 0.493 e. The molecular weight excluding hydrogens is 342 g/mol. The third-order valence-electron chi connectivity index (χ3n) is 4.07. The van der Waals surface area contributed by atoms with Crippen molar-refractivity contribution in [2.75, 3.05) is 24.9 Å². The summed E-state index contributed by atoms with van der Waals surface area (Å²) >= 11 is 0. The molecule has 138 valence electrons. The summed E-state index contributed by atoms with van der Waals surface area (Å²) in [6.07, 6.45) is 1.61. The number of hydrogen-bond donors (Lipinski definition) is 2. The van der Waals surface area contributed by atoms with Crippen molar-refractivity contribution >= 4 is 23.1 Å². The van der Waals surface area contributed by atoms with Crippen molar-refractivity contribution in [2.45, 2.75) is 6.92 Å². The van der Waals surface area contributed by atoms with Crippen LogP contribution in [-0.2, 0) is 0 Å². The van der Waals surface area contributed by atoms with Crippen LogP contribution >= 0.6 is 0 Å². The number of methoxy groups -OCH3 is 2. The number of amides is 1. The average molecular weight is 363 g/mol. The number of ether oxygens (including phenoxy) is 2. The highest BCUT2D eigenvalue weighted by Gasteiger charge is 2.09. The summed E-state index contributed by atoms with van der Waals surface area (Å²) in [5.41, 5.74) is 3.01. The number of carbonyl (C=O) groups excluding carboxylic acids is 1. The molecule has 0 unspecified atom stereocenters. The Morgan fingerprint density at radius 2 is 1.67 bits per heavy atom. The second-order valence-electron chi connectivity index (χ2n) is 5.90. The van der Waals surface area contributed by atoms with Crippen LogP contribution in [0, 0.1) is 6.92 Å². The van der Waals surface area contributed by atoms with Crippen LogP contribution in [0.5, 0.6) is 11.5 Å². The molecule has 0 saturated heterocycles. The molecule has 0 fully saturated rings. The van der Waals surface area contributed by atoms with Crippen molar-refractivity contribution in [1.29, 1.82) is 0 Å². The van der Waals surface area contributed by atoms with Crippen molar-refractivity contribution in [3.8, 4) is 11.5 Å². The van der Waals surface area contributed by atoms with Gasteiger partial charge in [-0.15, -0.1) is 0 Å². The molecule has 0 saturated carbocycles. The van der Waals surface area contributed by atoms with Crippen molar-refractivity contribution in [1.82, 2.24) is 4.98 Å². The Bertz CT molecular complexity index is 940. The van der Waals surface area contributed by atoms with E-state index in [1.807, 2.05) is 43.3 Å². The lowest BCUT2D eigenvalue weighted by Crippen LogP contribution is -2.13. The SMILES string of the molecule is COc1ccc(Nc2ccc(NC(=O)c3ccccc3C)cn2)cc1OC. The molecule has 0 radical (unpaired) electrons. The van der Waals surface area contributed by atoms with Crippen LogP contribution in [0.25, 0.3) is 0 Å². The summed E-state index contributed by atoms with van der Waals surface area (Å²) in [6, 6.07) is 16.6. The molecule has 2 N–H and O–H groups in total. The predicted molar refractivity (Wildman–Crippen MR) is 106 cm³/mol. The molecule has 6 nitrogen and oxygen atoms in total. The highest BCUT2D eigenvalue weighted by molar-refractivity contribution is 6.05. The van der Waals surface area contributed by atoms with E-state index in [0.29, 0.717) is 28.6 Å². The summed E-state index contributed by atoms with van der Waals surface area (Å²) in [7, 11) is 3.18. The summed E-state index contributed by atoms with van der Waals surface area (Å²) in [6.45, 7) is 1.91. The lowest BCUT2D eigenvalue weighted by molar-refractivity contribution is 0.102. The Balaban J connectivity index is 1.69. The van der Waals surface area contributed by atoms with Gasteiger partial charge in [-0.25, -0.2) is 4.98 Å². The third kappa shape index (κ3) is 4.36. The van der Waals surface area contributed by atoms with Gasteiger partial charge in [-0.05, 0) is 42.8 Å². The Morgan fingerprint density at radius 1 is 0.926 bits per heavy atom. The van der Waals surface area contributed by atoms with E-state index in [2.05, 4.69) is 15.6 Å². The number of benzene rings is 2. The van der Waals surface area contributed by atoms with Gasteiger partial charge in [0.25, 0.3) is 5.91 Å². The van der Waals surface area contributed by atoms with Gasteiger partial charge in [0.15, 0.2) is 11.5 Å². The molecular formula is C21H21N3O3. The Kier molecular flexibility index (Phi) is 5.56. The monoisotopic (exact) mass is 363 g/mol. The molecule has 0 aliphatic heterocycles. The lowest BCUT2D eigenvalue weighted by atomic mass is 10.1. The van der Waals surface area contributed by atoms with Crippen LogP contribution in [0.1, 0.15) is 15.9 Å². The zero-order chi connectivity index (χ0) is 19.2. The van der Waals surface area contributed by atoms with Gasteiger partial charge < -0.3 is 20.1 Å². The van der Waals surface area contributed by atoms with E-state index in [1.54, 1.807) is 38.6 Å². The van der Waals surface area contributed by atoms with E-state index in [0.717, 1.165) is 11.3 Å². The molecule has 3 rings (SSSR count). The maximum Gasteiger partial charge on any atom is 0.255 e. The summed E-state index contributed by atoms with van der Waals surface area (Å²) < 4.78 is 10.5. The number of aryl methyl sites for hydroxylation is 1. The quantitative estimate of drug-likeness (QED) is 0.679. The minimum absolute atomic E-state index is 0.157. The van der Waals surface area contributed by atoms with Crippen molar-refractivity contribution in [3.05, 3.63) is 71.9 Å². The molecule has 1 heterocycles. The maximum absolute atomic E-state index is 12.4. The number of anilines is 3. The van der Waals surface area contributed by atoms with E-state index >= 15 is 0 Å². The molecule has 0 atom stereocenters. The molecule has 6 heteroatoms. The molecule has 3 aromatic rings. The normalized spacial score (nSPS) is 10.2. The van der Waals surface area contributed by atoms with Crippen molar-refractivity contribution < 1.29 is 14.3 Å². The second kappa shape index (κ2) is 8.23. The van der Waals surface area contributed by atoms with Crippen LogP contribution in [0.4, 0.5) is 17.2 Å². The minimum Gasteiger partial charge on any atom is -0.493 e. The van der Waals surface area contributed by atoms with Crippen LogP contribution in [0.15, 0.2) is 60.8 Å². The maximum atomic E-state index is 12.4. The molecule has 0 spiro atoms. The first-order chi connectivity index (χ1) is 13.1. The van der Waals surface area contributed by atoms with Gasteiger partial charge >= 0.3 is 0 Å². The van der Waals surface area contributed by atoms with E-state index in [9.17, 15) is 4.79 Å². The molecule has 27 heavy (non-hydrogen) atoms. The number of nitrogens with zero attached hydrogens (tertiary/aromatic N) is 1. The fourth-order valence-corrected chi connectivity index (χ4v) is 2.63. The van der Waals surface area contributed by atoms with E-state index in [1.165, 1.54) is 0 Å². The molecule has 1 amide bonds. The number of hydrogen-bond acceptors (Lipinski definition) is 5. The Labute approximate surface area is 158 Å². The van der Waals surface area contributed by atoms with Crippen molar-refractivity contribution in [2.24, 2.45) is 0 Å². The topological polar surface area (TPSA) is 72.5 Å². The highest BCUT2D eigenvalue weighted by Crippen LogP contribution is 2.30. The number of pyridine rings is 1. The molecule has 0 bridgehead atoms. The zero-order valence-electron chi connectivity index (χ0n) is 15.4. The Morgan fingerprint density at radius 3 is 2.33 bits per heavy atom. The number of aromatic nitrogens is 1. The highest BCUT2D eigenvalue weighted by atomic mass is 16.5. The third-order valence-corrected chi connectivity index (χ3v) is 4.07. The van der Waals surface area contributed by atoms with Crippen LogP contribution in [0.3, 0.4) is 0 Å². The minimum atomic E-state index is -0.157. The molecule has 0 aliphatic rings. The average Bonchev–Trinajstić information content (AvgIpc) is 2.69. The summed E-state index contributed by atoms with van der Waals surface area (Å²) in [5.74, 6) is 1.78. The first-order valence-corrected chi connectivity index (χ1v) is 8.43. The lowest BCUT2D eigenvalue weighted by Gasteiger charge is -2.11. The van der Waals surface area contributed by atoms with Gasteiger partial charge in [0.1, 0.15) is 5.82 Å². The van der Waals surface area contributed by atoms with Crippen LogP contribution < -0.4 is 20.1 Å². The number of nitrogens with one attached hydrogen (secondary N) is 2. The van der Waals surface area contributed by atoms with Crippen molar-refractivity contribution in [3.63, 3.8) is 0 Å². The predicted octanol–water partition coefficient (Wildman–Crippen LogP) is 4.40. The van der Waals surface area contributed by atoms with E-state index in [4.69, 9.17) is 9.47 Å². The summed E-state index contributed by atoms with van der Waals surface area (Å²) in [4.78, 5) is 16.7. The number of carbonyl (C=O) groups is 1. The summed E-state index contributed by atoms with van der Waals surface area (Å²) in [5, 5.41) is 6.05. The first kappa shape index (κ1) is 18.3. The first-order valence-electron chi connectivity index (χ1n) is 8.43. The fourth-order valence-electron chi connectivity index (χ4n) is 2.63. The fraction of sp³-hybridized carbons (Fsp3) is 0.143. The molecule has 2 aromatic carbocycles. The van der Waals surface area contributed by atoms with Crippen LogP contribution in [0.2, 0.25) is 0 Å². The standard InChI is InChI=1S/C21H21N3O3/c1-14-6-4-5-7-17(14)21(25)24-16-9-11-20(22-13-16)23-15-8-10-18(26-2)19(12-15)27-3/h4-13H,1-3H3,(H,22,23)(H,24,25). The number of rotatable bonds is 6. The van der Waals surface area contributed by atoms with Gasteiger partial charge in [-0.1, -0.05) is 18.2 Å². The van der Waals surface area contributed by atoms with E-state index < -0.39 is 0 Å². The van der Waals surface area contributed by atoms with E-state index in [-0.39, 0.29) is 5.91 Å². The molecule has 0 aliphatic carbocycles. The second-order valence-corrected chi connectivity index (χ2v) is 5.90. The van der Waals surface area contributed by atoms with Gasteiger partial charge in [0, 0.05) is 17.3 Å². The zero-order valence-corrected chi connectivity index (χ0v) is 15.4. The smallest absolute Gasteiger partial charge is 0.255 e. The van der Waals surface area contributed by atoms with Gasteiger partial charge in [-0.3, -0.25) is 4.79 Å². The van der Waals surface area contributed by atoms with Crippen LogP contribution in [-0.4, -0.2) is 25.1 Å². The van der Waals surface area contributed by atoms with Gasteiger partial charge in [-0.2, -0.15) is 0 Å². The Hall–Kier alpha value is -3.54.